The molecular formula is C10H8FN3O2. The van der Waals surface area contributed by atoms with E-state index in [1.807, 2.05) is 0 Å². The molecule has 1 aromatic heterocycles. The van der Waals surface area contributed by atoms with E-state index in [0.717, 1.165) is 0 Å². The average molecular weight is 221 g/mol. The first kappa shape index (κ1) is 10.3. The fraction of sp³-hybridized carbons (Fsp3) is 0.100. The van der Waals surface area contributed by atoms with Gasteiger partial charge in [0.2, 0.25) is 0 Å². The topological polar surface area (TPSA) is 68.0 Å². The van der Waals surface area contributed by atoms with E-state index in [0.29, 0.717) is 11.3 Å². The summed E-state index contributed by atoms with van der Waals surface area (Å²) in [7, 11) is 0. The smallest absolute Gasteiger partial charge is 0.358 e. The summed E-state index contributed by atoms with van der Waals surface area (Å²) in [5.74, 6) is -1.54. The first-order valence-corrected chi connectivity index (χ1v) is 4.50. The van der Waals surface area contributed by atoms with E-state index < -0.39 is 5.97 Å². The minimum atomic E-state index is -1.17. The monoisotopic (exact) mass is 221 g/mol. The molecule has 0 spiro atoms. The van der Waals surface area contributed by atoms with Crippen LogP contribution in [0.2, 0.25) is 0 Å². The highest BCUT2D eigenvalue weighted by Crippen LogP contribution is 2.12. The quantitative estimate of drug-likeness (QED) is 0.832. The summed E-state index contributed by atoms with van der Waals surface area (Å²) in [5, 5.41) is 15.7. The van der Waals surface area contributed by atoms with Gasteiger partial charge in [0.25, 0.3) is 0 Å². The molecule has 1 N–H and O–H groups in total. The molecule has 1 aromatic carbocycles. The molecule has 0 aliphatic rings. The summed E-state index contributed by atoms with van der Waals surface area (Å²) < 4.78 is 14.5. The molecule has 16 heavy (non-hydrogen) atoms. The molecule has 0 atom stereocenters. The maximum Gasteiger partial charge on any atom is 0.358 e. The Morgan fingerprint density at radius 1 is 1.50 bits per heavy atom. The fourth-order valence-electron chi connectivity index (χ4n) is 1.21. The lowest BCUT2D eigenvalue weighted by atomic mass is 10.2. The van der Waals surface area contributed by atoms with Crippen LogP contribution in [0.25, 0.3) is 5.69 Å². The number of nitrogens with zero attached hydrogens (tertiary/aromatic N) is 3. The third-order valence-corrected chi connectivity index (χ3v) is 2.13. The minimum Gasteiger partial charge on any atom is -0.476 e. The Balaban J connectivity index is 2.42. The highest BCUT2D eigenvalue weighted by atomic mass is 19.1. The Kier molecular flexibility index (Phi) is 2.40. The Morgan fingerprint density at radius 2 is 2.25 bits per heavy atom. The zero-order valence-electron chi connectivity index (χ0n) is 8.38. The number of aromatic nitrogens is 3. The number of hydrogen-bond donors (Lipinski definition) is 1. The van der Waals surface area contributed by atoms with Gasteiger partial charge in [-0.1, -0.05) is 11.3 Å². The molecule has 2 rings (SSSR count). The van der Waals surface area contributed by atoms with Gasteiger partial charge in [0, 0.05) is 0 Å². The Bertz CT molecular complexity index is 551. The maximum atomic E-state index is 13.3. The normalized spacial score (nSPS) is 10.4. The number of carboxylic acids is 1. The number of rotatable bonds is 2. The Hall–Kier alpha value is -2.24. The van der Waals surface area contributed by atoms with E-state index in [-0.39, 0.29) is 11.5 Å². The minimum absolute atomic E-state index is 0.180. The fourth-order valence-corrected chi connectivity index (χ4v) is 1.21. The van der Waals surface area contributed by atoms with Crippen molar-refractivity contribution in [2.24, 2.45) is 0 Å². The second-order valence-electron chi connectivity index (χ2n) is 3.29. The Morgan fingerprint density at radius 3 is 2.81 bits per heavy atom. The zero-order chi connectivity index (χ0) is 11.7. The first-order chi connectivity index (χ1) is 7.58. The van der Waals surface area contributed by atoms with Gasteiger partial charge >= 0.3 is 5.97 Å². The van der Waals surface area contributed by atoms with Crippen LogP contribution in [0.3, 0.4) is 0 Å². The summed E-state index contributed by atoms with van der Waals surface area (Å²) in [4.78, 5) is 10.6. The SMILES string of the molecule is Cc1ccc(-n2cc(C(=O)O)nn2)cc1F. The van der Waals surface area contributed by atoms with Gasteiger partial charge in [-0.25, -0.2) is 13.9 Å². The molecule has 0 fully saturated rings. The molecule has 6 heteroatoms. The van der Waals surface area contributed by atoms with Crippen LogP contribution in [0.15, 0.2) is 24.4 Å². The van der Waals surface area contributed by atoms with Gasteiger partial charge < -0.3 is 5.11 Å². The summed E-state index contributed by atoms with van der Waals surface area (Å²) in [6, 6.07) is 4.50. The predicted molar refractivity (Wildman–Crippen MR) is 53.0 cm³/mol. The van der Waals surface area contributed by atoms with E-state index in [2.05, 4.69) is 10.3 Å². The van der Waals surface area contributed by atoms with Crippen LogP contribution in [-0.2, 0) is 0 Å². The van der Waals surface area contributed by atoms with E-state index in [1.54, 1.807) is 19.1 Å². The number of benzene rings is 1. The summed E-state index contributed by atoms with van der Waals surface area (Å²) in [6.07, 6.45) is 1.23. The maximum absolute atomic E-state index is 13.3. The number of halogens is 1. The van der Waals surface area contributed by atoms with Gasteiger partial charge in [0.15, 0.2) is 5.69 Å². The number of hydrogen-bond acceptors (Lipinski definition) is 3. The van der Waals surface area contributed by atoms with Crippen molar-refractivity contribution < 1.29 is 14.3 Å². The molecule has 0 radical (unpaired) electrons. The van der Waals surface area contributed by atoms with Crippen LogP contribution in [-0.4, -0.2) is 26.1 Å². The van der Waals surface area contributed by atoms with Crippen LogP contribution in [0.4, 0.5) is 4.39 Å². The number of carboxylic acid groups (broad SMARTS) is 1. The molecular weight excluding hydrogens is 213 g/mol. The van der Waals surface area contributed by atoms with E-state index in [4.69, 9.17) is 5.11 Å². The van der Waals surface area contributed by atoms with Crippen molar-refractivity contribution in [3.05, 3.63) is 41.5 Å². The van der Waals surface area contributed by atoms with Crippen LogP contribution in [0, 0.1) is 12.7 Å². The van der Waals surface area contributed by atoms with Crippen molar-refractivity contribution in [1.82, 2.24) is 15.0 Å². The molecule has 0 saturated carbocycles. The van der Waals surface area contributed by atoms with Gasteiger partial charge in [-0.05, 0) is 24.6 Å². The second-order valence-corrected chi connectivity index (χ2v) is 3.29. The molecule has 0 saturated heterocycles. The molecule has 0 aliphatic carbocycles. The van der Waals surface area contributed by atoms with Crippen molar-refractivity contribution in [3.63, 3.8) is 0 Å². The lowest BCUT2D eigenvalue weighted by molar-refractivity contribution is 0.0690. The molecule has 2 aromatic rings. The van der Waals surface area contributed by atoms with Crippen LogP contribution >= 0.6 is 0 Å². The zero-order valence-corrected chi connectivity index (χ0v) is 8.38. The lowest BCUT2D eigenvalue weighted by Crippen LogP contribution is -1.97. The highest BCUT2D eigenvalue weighted by Gasteiger charge is 2.09. The van der Waals surface area contributed by atoms with Crippen molar-refractivity contribution in [1.29, 1.82) is 0 Å². The van der Waals surface area contributed by atoms with Crippen molar-refractivity contribution in [2.45, 2.75) is 6.92 Å². The molecule has 82 valence electrons. The molecule has 1 heterocycles. The predicted octanol–water partition coefficient (Wildman–Crippen LogP) is 1.41. The molecule has 0 unspecified atom stereocenters. The van der Waals surface area contributed by atoms with Gasteiger partial charge in [-0.2, -0.15) is 0 Å². The van der Waals surface area contributed by atoms with E-state index in [9.17, 15) is 9.18 Å². The van der Waals surface area contributed by atoms with E-state index in [1.165, 1.54) is 16.9 Å². The first-order valence-electron chi connectivity index (χ1n) is 4.50. The molecule has 0 aliphatic heterocycles. The molecule has 5 nitrogen and oxygen atoms in total. The average Bonchev–Trinajstić information content (AvgIpc) is 2.71. The number of carbonyl (C=O) groups is 1. The van der Waals surface area contributed by atoms with Crippen molar-refractivity contribution in [3.8, 4) is 5.69 Å². The van der Waals surface area contributed by atoms with Gasteiger partial charge in [-0.3, -0.25) is 0 Å². The van der Waals surface area contributed by atoms with Gasteiger partial charge in [0.1, 0.15) is 5.82 Å². The largest absolute Gasteiger partial charge is 0.476 e. The summed E-state index contributed by atoms with van der Waals surface area (Å²) in [5.41, 5.74) is 0.770. The van der Waals surface area contributed by atoms with E-state index >= 15 is 0 Å². The standard InChI is InChI=1S/C10H8FN3O2/c1-6-2-3-7(4-8(6)11)14-5-9(10(15)16)12-13-14/h2-5H,1H3,(H,15,16). The third kappa shape index (κ3) is 1.77. The molecule has 0 amide bonds. The van der Waals surface area contributed by atoms with Crippen LogP contribution in [0.1, 0.15) is 16.1 Å². The third-order valence-electron chi connectivity index (χ3n) is 2.13. The van der Waals surface area contributed by atoms with Crippen LogP contribution in [0.5, 0.6) is 0 Å². The number of aryl methyl sites for hydroxylation is 1. The summed E-state index contributed by atoms with van der Waals surface area (Å²) >= 11 is 0. The van der Waals surface area contributed by atoms with Crippen LogP contribution < -0.4 is 0 Å². The number of aromatic carboxylic acids is 1. The second kappa shape index (κ2) is 3.73. The van der Waals surface area contributed by atoms with Crippen molar-refractivity contribution in [2.75, 3.05) is 0 Å². The summed E-state index contributed by atoms with van der Waals surface area (Å²) in [6.45, 7) is 1.64. The van der Waals surface area contributed by atoms with Crippen molar-refractivity contribution >= 4 is 5.97 Å². The van der Waals surface area contributed by atoms with Gasteiger partial charge in [0.05, 0.1) is 11.9 Å². The lowest BCUT2D eigenvalue weighted by Gasteiger charge is -2.01. The Labute approximate surface area is 90.1 Å². The highest BCUT2D eigenvalue weighted by molar-refractivity contribution is 5.84. The van der Waals surface area contributed by atoms with Gasteiger partial charge in [-0.15, -0.1) is 5.10 Å². The molecule has 0 bridgehead atoms.